The monoisotopic (exact) mass is 307 g/mol. The molecule has 0 saturated carbocycles. The van der Waals surface area contributed by atoms with E-state index >= 15 is 0 Å². The van der Waals surface area contributed by atoms with Crippen molar-refractivity contribution in [3.8, 4) is 0 Å². The first-order valence-electron chi connectivity index (χ1n) is 6.93. The van der Waals surface area contributed by atoms with Crippen LogP contribution in [0.15, 0.2) is 48.5 Å². The Labute approximate surface area is 127 Å². The van der Waals surface area contributed by atoms with Crippen LogP contribution in [0.3, 0.4) is 0 Å². The van der Waals surface area contributed by atoms with Gasteiger partial charge in [0.25, 0.3) is 0 Å². The number of halogens is 3. The predicted octanol–water partition coefficient (Wildman–Crippen LogP) is 4.45. The van der Waals surface area contributed by atoms with Crippen LogP contribution in [0.4, 0.5) is 18.9 Å². The third-order valence-electron chi connectivity index (χ3n) is 3.27. The molecule has 0 aromatic heterocycles. The summed E-state index contributed by atoms with van der Waals surface area (Å²) in [5.41, 5.74) is 1.35. The van der Waals surface area contributed by atoms with Crippen LogP contribution in [0.2, 0.25) is 0 Å². The number of carbonyl (C=O) groups is 1. The maximum Gasteiger partial charge on any atom is 0.416 e. The van der Waals surface area contributed by atoms with E-state index < -0.39 is 11.7 Å². The van der Waals surface area contributed by atoms with Crippen LogP contribution in [-0.2, 0) is 23.8 Å². The van der Waals surface area contributed by atoms with Gasteiger partial charge in [-0.1, -0.05) is 37.3 Å². The van der Waals surface area contributed by atoms with E-state index in [0.29, 0.717) is 0 Å². The van der Waals surface area contributed by atoms with Gasteiger partial charge in [0.1, 0.15) is 0 Å². The zero-order valence-electron chi connectivity index (χ0n) is 12.1. The molecule has 0 saturated heterocycles. The first-order valence-corrected chi connectivity index (χ1v) is 6.93. The minimum Gasteiger partial charge on any atom is -0.326 e. The van der Waals surface area contributed by atoms with Crippen LogP contribution >= 0.6 is 0 Å². The second kappa shape index (κ2) is 6.64. The van der Waals surface area contributed by atoms with Crippen LogP contribution in [0.1, 0.15) is 23.6 Å². The van der Waals surface area contributed by atoms with Gasteiger partial charge >= 0.3 is 6.18 Å². The summed E-state index contributed by atoms with van der Waals surface area (Å²) in [6.07, 6.45) is -3.38. The van der Waals surface area contributed by atoms with Gasteiger partial charge in [-0.15, -0.1) is 0 Å². The molecule has 0 atom stereocenters. The molecule has 0 bridgehead atoms. The van der Waals surface area contributed by atoms with Gasteiger partial charge in [-0.05, 0) is 35.7 Å². The van der Waals surface area contributed by atoms with E-state index in [2.05, 4.69) is 5.32 Å². The summed E-state index contributed by atoms with van der Waals surface area (Å²) in [7, 11) is 0. The second-order valence-electron chi connectivity index (χ2n) is 4.97. The van der Waals surface area contributed by atoms with Crippen molar-refractivity contribution in [3.63, 3.8) is 0 Å². The molecule has 1 amide bonds. The minimum absolute atomic E-state index is 0.125. The van der Waals surface area contributed by atoms with Crippen LogP contribution in [0, 0.1) is 0 Å². The highest BCUT2D eigenvalue weighted by Crippen LogP contribution is 2.30. The number of hydrogen-bond donors (Lipinski definition) is 1. The Kier molecular flexibility index (Phi) is 4.85. The van der Waals surface area contributed by atoms with Crippen LogP contribution in [0.25, 0.3) is 0 Å². The SMILES string of the molecule is CCc1ccc(CC(=O)Nc2cccc(C(F)(F)F)c2)cc1. The molecular weight excluding hydrogens is 291 g/mol. The van der Waals surface area contributed by atoms with Gasteiger partial charge in [0.2, 0.25) is 5.91 Å². The molecule has 116 valence electrons. The van der Waals surface area contributed by atoms with Crippen molar-refractivity contribution in [2.75, 3.05) is 5.32 Å². The molecule has 0 heterocycles. The Morgan fingerprint density at radius 1 is 1.05 bits per heavy atom. The van der Waals surface area contributed by atoms with Crippen LogP contribution in [-0.4, -0.2) is 5.91 Å². The highest BCUT2D eigenvalue weighted by Gasteiger charge is 2.30. The summed E-state index contributed by atoms with van der Waals surface area (Å²) in [6, 6.07) is 12.2. The van der Waals surface area contributed by atoms with Crippen molar-refractivity contribution in [2.45, 2.75) is 25.9 Å². The lowest BCUT2D eigenvalue weighted by Gasteiger charge is -2.10. The lowest BCUT2D eigenvalue weighted by atomic mass is 10.1. The Balaban J connectivity index is 2.02. The summed E-state index contributed by atoms with van der Waals surface area (Å²) in [5, 5.41) is 2.49. The number of rotatable bonds is 4. The first-order chi connectivity index (χ1) is 10.4. The van der Waals surface area contributed by atoms with Crippen molar-refractivity contribution in [3.05, 3.63) is 65.2 Å². The molecule has 0 aliphatic rings. The lowest BCUT2D eigenvalue weighted by molar-refractivity contribution is -0.137. The van der Waals surface area contributed by atoms with Gasteiger partial charge in [-0.3, -0.25) is 4.79 Å². The quantitative estimate of drug-likeness (QED) is 0.888. The van der Waals surface area contributed by atoms with Crippen LogP contribution in [0.5, 0.6) is 0 Å². The van der Waals surface area contributed by atoms with Crippen molar-refractivity contribution >= 4 is 11.6 Å². The fourth-order valence-electron chi connectivity index (χ4n) is 2.06. The van der Waals surface area contributed by atoms with Gasteiger partial charge in [-0.25, -0.2) is 0 Å². The van der Waals surface area contributed by atoms with E-state index in [1.165, 1.54) is 17.7 Å². The van der Waals surface area contributed by atoms with E-state index in [4.69, 9.17) is 0 Å². The highest BCUT2D eigenvalue weighted by atomic mass is 19.4. The molecule has 0 fully saturated rings. The Morgan fingerprint density at radius 3 is 2.27 bits per heavy atom. The molecule has 2 aromatic carbocycles. The number of hydrogen-bond acceptors (Lipinski definition) is 1. The zero-order chi connectivity index (χ0) is 16.2. The zero-order valence-corrected chi connectivity index (χ0v) is 12.1. The fourth-order valence-corrected chi connectivity index (χ4v) is 2.06. The second-order valence-corrected chi connectivity index (χ2v) is 4.97. The third kappa shape index (κ3) is 4.35. The number of carbonyl (C=O) groups excluding carboxylic acids is 1. The molecule has 0 radical (unpaired) electrons. The normalized spacial score (nSPS) is 11.3. The number of aryl methyl sites for hydroxylation is 1. The van der Waals surface area contributed by atoms with Gasteiger partial charge in [0, 0.05) is 5.69 Å². The average molecular weight is 307 g/mol. The fraction of sp³-hybridized carbons (Fsp3) is 0.235. The molecule has 2 nitrogen and oxygen atoms in total. The maximum absolute atomic E-state index is 12.6. The average Bonchev–Trinajstić information content (AvgIpc) is 2.47. The number of alkyl halides is 3. The van der Waals surface area contributed by atoms with E-state index in [-0.39, 0.29) is 18.0 Å². The molecule has 0 unspecified atom stereocenters. The summed E-state index contributed by atoms with van der Waals surface area (Å²) in [6.45, 7) is 2.04. The topological polar surface area (TPSA) is 29.1 Å². The van der Waals surface area contributed by atoms with Gasteiger partial charge in [0.15, 0.2) is 0 Å². The largest absolute Gasteiger partial charge is 0.416 e. The Morgan fingerprint density at radius 2 is 1.68 bits per heavy atom. The molecule has 0 aliphatic heterocycles. The van der Waals surface area contributed by atoms with Crippen molar-refractivity contribution in [2.24, 2.45) is 0 Å². The van der Waals surface area contributed by atoms with Crippen molar-refractivity contribution in [1.29, 1.82) is 0 Å². The van der Waals surface area contributed by atoms with Crippen molar-refractivity contribution in [1.82, 2.24) is 0 Å². The Bertz CT molecular complexity index is 648. The third-order valence-corrected chi connectivity index (χ3v) is 3.27. The van der Waals surface area contributed by atoms with E-state index in [9.17, 15) is 18.0 Å². The summed E-state index contributed by atoms with van der Waals surface area (Å²) >= 11 is 0. The van der Waals surface area contributed by atoms with E-state index in [0.717, 1.165) is 24.1 Å². The Hall–Kier alpha value is -2.30. The number of nitrogens with one attached hydrogen (secondary N) is 1. The maximum atomic E-state index is 12.6. The molecule has 1 N–H and O–H groups in total. The smallest absolute Gasteiger partial charge is 0.326 e. The molecule has 5 heteroatoms. The van der Waals surface area contributed by atoms with Gasteiger partial charge in [0.05, 0.1) is 12.0 Å². The molecule has 2 aromatic rings. The molecule has 22 heavy (non-hydrogen) atoms. The number of amides is 1. The summed E-state index contributed by atoms with van der Waals surface area (Å²) < 4.78 is 37.8. The van der Waals surface area contributed by atoms with Crippen molar-refractivity contribution < 1.29 is 18.0 Å². The molecule has 0 aliphatic carbocycles. The molecular formula is C17H16F3NO. The standard InChI is InChI=1S/C17H16F3NO/c1-2-12-6-8-13(9-7-12)10-16(22)21-15-5-3-4-14(11-15)17(18,19)20/h3-9,11H,2,10H2,1H3,(H,21,22). The first kappa shape index (κ1) is 16.1. The lowest BCUT2D eigenvalue weighted by Crippen LogP contribution is -2.15. The van der Waals surface area contributed by atoms with E-state index in [1.54, 1.807) is 0 Å². The predicted molar refractivity (Wildman–Crippen MR) is 79.6 cm³/mol. The summed E-state index contributed by atoms with van der Waals surface area (Å²) in [5.74, 6) is -0.344. The van der Waals surface area contributed by atoms with Gasteiger partial charge in [-0.2, -0.15) is 13.2 Å². The van der Waals surface area contributed by atoms with Crippen LogP contribution < -0.4 is 5.32 Å². The number of benzene rings is 2. The molecule has 0 spiro atoms. The highest BCUT2D eigenvalue weighted by molar-refractivity contribution is 5.92. The summed E-state index contributed by atoms with van der Waals surface area (Å²) in [4.78, 5) is 11.9. The molecule has 2 rings (SSSR count). The number of anilines is 1. The van der Waals surface area contributed by atoms with Gasteiger partial charge < -0.3 is 5.32 Å². The van der Waals surface area contributed by atoms with E-state index in [1.807, 2.05) is 31.2 Å². The minimum atomic E-state index is -4.42.